The van der Waals surface area contributed by atoms with Crippen LogP contribution in [0.5, 0.6) is 0 Å². The molecule has 4 N–H and O–H groups in total. The predicted octanol–water partition coefficient (Wildman–Crippen LogP) is 0.249. The largest absolute Gasteiger partial charge is 0.394 e. The van der Waals surface area contributed by atoms with Crippen molar-refractivity contribution in [3.8, 4) is 0 Å². The second kappa shape index (κ2) is 7.76. The highest BCUT2D eigenvalue weighted by atomic mass is 16.3. The highest BCUT2D eigenvalue weighted by Crippen LogP contribution is 2.03. The molecule has 0 radical (unpaired) electrons. The first-order valence-corrected chi connectivity index (χ1v) is 5.24. The quantitative estimate of drug-likeness (QED) is 0.554. The van der Waals surface area contributed by atoms with Crippen molar-refractivity contribution in [2.75, 3.05) is 13.2 Å². The van der Waals surface area contributed by atoms with Crippen molar-refractivity contribution < 1.29 is 9.90 Å². The van der Waals surface area contributed by atoms with Crippen molar-refractivity contribution in [2.24, 2.45) is 11.7 Å². The second-order valence-corrected chi connectivity index (χ2v) is 3.73. The molecule has 0 aromatic carbocycles. The number of carbonyl (C=O) groups is 1. The van der Waals surface area contributed by atoms with Crippen molar-refractivity contribution in [3.05, 3.63) is 0 Å². The SMILES string of the molecule is CC[C@@H](CO)NC(=O)CCC(C)CN. The summed E-state index contributed by atoms with van der Waals surface area (Å²) in [5.74, 6) is 0.390. The zero-order valence-corrected chi connectivity index (χ0v) is 9.12. The van der Waals surface area contributed by atoms with Crippen LogP contribution in [0.25, 0.3) is 0 Å². The number of carbonyl (C=O) groups excluding carboxylic acids is 1. The van der Waals surface area contributed by atoms with Crippen molar-refractivity contribution in [1.82, 2.24) is 5.32 Å². The summed E-state index contributed by atoms with van der Waals surface area (Å²) >= 11 is 0. The molecule has 0 aromatic heterocycles. The molecule has 4 nitrogen and oxygen atoms in total. The van der Waals surface area contributed by atoms with Crippen LogP contribution in [0.1, 0.15) is 33.1 Å². The first-order valence-electron chi connectivity index (χ1n) is 5.24. The van der Waals surface area contributed by atoms with Crippen LogP contribution in [0.3, 0.4) is 0 Å². The van der Waals surface area contributed by atoms with Gasteiger partial charge in [-0.15, -0.1) is 0 Å². The minimum absolute atomic E-state index is 0.00574. The van der Waals surface area contributed by atoms with Crippen LogP contribution in [-0.4, -0.2) is 30.2 Å². The molecule has 1 amide bonds. The molecule has 1 unspecified atom stereocenters. The van der Waals surface area contributed by atoms with Gasteiger partial charge in [-0.1, -0.05) is 13.8 Å². The van der Waals surface area contributed by atoms with E-state index in [0.29, 0.717) is 18.9 Å². The molecule has 0 heterocycles. The molecule has 2 atom stereocenters. The summed E-state index contributed by atoms with van der Waals surface area (Å²) in [6.45, 7) is 4.58. The van der Waals surface area contributed by atoms with Crippen LogP contribution in [-0.2, 0) is 4.79 Å². The third kappa shape index (κ3) is 5.94. The summed E-state index contributed by atoms with van der Waals surface area (Å²) in [7, 11) is 0. The fourth-order valence-corrected chi connectivity index (χ4v) is 1.07. The molecule has 84 valence electrons. The molecule has 0 aromatic rings. The first-order chi connectivity index (χ1) is 6.63. The van der Waals surface area contributed by atoms with E-state index in [-0.39, 0.29) is 18.6 Å². The summed E-state index contributed by atoms with van der Waals surface area (Å²) < 4.78 is 0. The van der Waals surface area contributed by atoms with Crippen LogP contribution < -0.4 is 11.1 Å². The summed E-state index contributed by atoms with van der Waals surface area (Å²) in [5, 5.41) is 11.6. The molecule has 0 spiro atoms. The molecule has 0 aliphatic carbocycles. The smallest absolute Gasteiger partial charge is 0.220 e. The van der Waals surface area contributed by atoms with Gasteiger partial charge in [-0.3, -0.25) is 4.79 Å². The van der Waals surface area contributed by atoms with Gasteiger partial charge >= 0.3 is 0 Å². The van der Waals surface area contributed by atoms with Crippen LogP contribution in [0.2, 0.25) is 0 Å². The maximum absolute atomic E-state index is 11.3. The van der Waals surface area contributed by atoms with E-state index < -0.39 is 0 Å². The lowest BCUT2D eigenvalue weighted by Crippen LogP contribution is -2.37. The van der Waals surface area contributed by atoms with E-state index in [9.17, 15) is 4.79 Å². The van der Waals surface area contributed by atoms with Crippen molar-refractivity contribution >= 4 is 5.91 Å². The molecule has 4 heteroatoms. The first kappa shape index (κ1) is 13.4. The molecule has 0 rings (SSSR count). The fraction of sp³-hybridized carbons (Fsp3) is 0.900. The normalized spacial score (nSPS) is 14.9. The lowest BCUT2D eigenvalue weighted by atomic mass is 10.1. The van der Waals surface area contributed by atoms with E-state index in [0.717, 1.165) is 12.8 Å². The van der Waals surface area contributed by atoms with Gasteiger partial charge in [0, 0.05) is 6.42 Å². The number of amides is 1. The van der Waals surface area contributed by atoms with E-state index in [1.54, 1.807) is 0 Å². The third-order valence-corrected chi connectivity index (χ3v) is 2.34. The summed E-state index contributed by atoms with van der Waals surface area (Å²) in [6, 6.07) is -0.101. The zero-order valence-electron chi connectivity index (χ0n) is 9.12. The molecule has 14 heavy (non-hydrogen) atoms. The molecule has 0 aliphatic rings. The Morgan fingerprint density at radius 3 is 2.64 bits per heavy atom. The number of nitrogens with two attached hydrogens (primary N) is 1. The number of hydrogen-bond acceptors (Lipinski definition) is 3. The Morgan fingerprint density at radius 1 is 1.57 bits per heavy atom. The van der Waals surface area contributed by atoms with E-state index in [2.05, 4.69) is 5.32 Å². The van der Waals surface area contributed by atoms with Crippen LogP contribution in [0, 0.1) is 5.92 Å². The second-order valence-electron chi connectivity index (χ2n) is 3.73. The maximum Gasteiger partial charge on any atom is 0.220 e. The Balaban J connectivity index is 3.64. The Kier molecular flexibility index (Phi) is 7.42. The van der Waals surface area contributed by atoms with E-state index >= 15 is 0 Å². The molecular formula is C10H22N2O2. The van der Waals surface area contributed by atoms with Crippen LogP contribution in [0.4, 0.5) is 0 Å². The third-order valence-electron chi connectivity index (χ3n) is 2.34. The fourth-order valence-electron chi connectivity index (χ4n) is 1.07. The molecule has 0 fully saturated rings. The topological polar surface area (TPSA) is 75.3 Å². The standard InChI is InChI=1S/C10H22N2O2/c1-3-9(7-13)12-10(14)5-4-8(2)6-11/h8-9,13H,3-7,11H2,1-2H3,(H,12,14)/t8?,9-/m0/s1. The Hall–Kier alpha value is -0.610. The maximum atomic E-state index is 11.3. The van der Waals surface area contributed by atoms with Gasteiger partial charge in [-0.25, -0.2) is 0 Å². The van der Waals surface area contributed by atoms with Gasteiger partial charge in [0.2, 0.25) is 5.91 Å². The minimum Gasteiger partial charge on any atom is -0.394 e. The monoisotopic (exact) mass is 202 g/mol. The lowest BCUT2D eigenvalue weighted by Gasteiger charge is -2.14. The van der Waals surface area contributed by atoms with Crippen LogP contribution in [0.15, 0.2) is 0 Å². The molecule has 0 bridgehead atoms. The number of aliphatic hydroxyl groups is 1. The summed E-state index contributed by atoms with van der Waals surface area (Å²) in [6.07, 6.45) is 2.06. The van der Waals surface area contributed by atoms with Crippen LogP contribution >= 0.6 is 0 Å². The lowest BCUT2D eigenvalue weighted by molar-refractivity contribution is -0.122. The van der Waals surface area contributed by atoms with Gasteiger partial charge in [0.1, 0.15) is 0 Å². The highest BCUT2D eigenvalue weighted by Gasteiger charge is 2.09. The van der Waals surface area contributed by atoms with Gasteiger partial charge in [-0.2, -0.15) is 0 Å². The summed E-state index contributed by atoms with van der Waals surface area (Å²) in [4.78, 5) is 11.3. The van der Waals surface area contributed by atoms with Gasteiger partial charge < -0.3 is 16.2 Å². The van der Waals surface area contributed by atoms with E-state index in [1.807, 2.05) is 13.8 Å². The van der Waals surface area contributed by atoms with E-state index in [1.165, 1.54) is 0 Å². The molecule has 0 saturated heterocycles. The number of nitrogens with one attached hydrogen (secondary N) is 1. The highest BCUT2D eigenvalue weighted by molar-refractivity contribution is 5.76. The minimum atomic E-state index is -0.101. The zero-order chi connectivity index (χ0) is 11.0. The van der Waals surface area contributed by atoms with Gasteiger partial charge in [0.15, 0.2) is 0 Å². The van der Waals surface area contributed by atoms with Crippen molar-refractivity contribution in [2.45, 2.75) is 39.2 Å². The Morgan fingerprint density at radius 2 is 2.21 bits per heavy atom. The van der Waals surface area contributed by atoms with Crippen molar-refractivity contribution in [1.29, 1.82) is 0 Å². The average Bonchev–Trinajstić information content (AvgIpc) is 2.22. The predicted molar refractivity (Wildman–Crippen MR) is 56.8 cm³/mol. The van der Waals surface area contributed by atoms with E-state index in [4.69, 9.17) is 10.8 Å². The van der Waals surface area contributed by atoms with Crippen molar-refractivity contribution in [3.63, 3.8) is 0 Å². The Labute approximate surface area is 85.9 Å². The van der Waals surface area contributed by atoms with Gasteiger partial charge in [0.05, 0.1) is 12.6 Å². The molecule has 0 saturated carbocycles. The number of aliphatic hydroxyl groups excluding tert-OH is 1. The molecule has 0 aliphatic heterocycles. The van der Waals surface area contributed by atoms with Gasteiger partial charge in [-0.05, 0) is 25.3 Å². The summed E-state index contributed by atoms with van der Waals surface area (Å²) in [5.41, 5.74) is 5.44. The van der Waals surface area contributed by atoms with Gasteiger partial charge in [0.25, 0.3) is 0 Å². The average molecular weight is 202 g/mol. The molecular weight excluding hydrogens is 180 g/mol. The number of rotatable bonds is 7. The number of hydrogen-bond donors (Lipinski definition) is 3. The Bertz CT molecular complexity index is 158.